The first kappa shape index (κ1) is 10.6. The number of benzene rings is 1. The average molecular weight is 231 g/mol. The first-order valence-corrected chi connectivity index (χ1v) is 6.36. The Morgan fingerprint density at radius 1 is 1.12 bits per heavy atom. The van der Waals surface area contributed by atoms with Crippen LogP contribution in [0.2, 0.25) is 0 Å². The topological polar surface area (TPSA) is 38.3 Å². The van der Waals surface area contributed by atoms with Gasteiger partial charge < -0.3 is 10.1 Å². The van der Waals surface area contributed by atoms with Crippen LogP contribution < -0.4 is 10.1 Å². The Morgan fingerprint density at radius 3 is 2.24 bits per heavy atom. The van der Waals surface area contributed by atoms with E-state index in [2.05, 4.69) is 5.32 Å². The molecular weight excluding hydrogens is 214 g/mol. The Bertz CT molecular complexity index is 384. The molecule has 1 amide bonds. The van der Waals surface area contributed by atoms with Crippen molar-refractivity contribution in [2.24, 2.45) is 11.8 Å². The van der Waals surface area contributed by atoms with E-state index in [9.17, 15) is 4.79 Å². The number of ether oxygens (including phenoxy) is 1. The van der Waals surface area contributed by atoms with Gasteiger partial charge in [0.05, 0.1) is 0 Å². The monoisotopic (exact) mass is 231 g/mol. The van der Waals surface area contributed by atoms with Crippen LogP contribution in [0.5, 0.6) is 5.75 Å². The van der Waals surface area contributed by atoms with Crippen molar-refractivity contribution in [3.63, 3.8) is 0 Å². The van der Waals surface area contributed by atoms with Crippen LogP contribution in [0.25, 0.3) is 0 Å². The Labute approximate surface area is 101 Å². The van der Waals surface area contributed by atoms with E-state index in [0.29, 0.717) is 23.6 Å². The summed E-state index contributed by atoms with van der Waals surface area (Å²) in [7, 11) is 0. The molecule has 1 aromatic carbocycles. The number of para-hydroxylation sites is 1. The molecule has 0 bridgehead atoms. The molecule has 0 unspecified atom stereocenters. The largest absolute Gasteiger partial charge is 0.412 e. The van der Waals surface area contributed by atoms with Crippen molar-refractivity contribution in [3.8, 4) is 5.75 Å². The number of amides is 1. The molecule has 3 nitrogen and oxygen atoms in total. The number of rotatable bonds is 4. The van der Waals surface area contributed by atoms with Crippen LogP contribution in [0.15, 0.2) is 30.3 Å². The SMILES string of the molecule is O=C(NC(C1CC1)C1CC1)Oc1ccccc1. The van der Waals surface area contributed by atoms with E-state index in [1.807, 2.05) is 18.2 Å². The fraction of sp³-hybridized carbons (Fsp3) is 0.500. The Hall–Kier alpha value is -1.51. The Kier molecular flexibility index (Phi) is 2.75. The number of nitrogens with one attached hydrogen (secondary N) is 1. The molecule has 3 rings (SSSR count). The lowest BCUT2D eigenvalue weighted by Gasteiger charge is -2.17. The molecule has 2 aliphatic rings. The van der Waals surface area contributed by atoms with E-state index in [0.717, 1.165) is 0 Å². The molecule has 0 spiro atoms. The lowest BCUT2D eigenvalue weighted by Crippen LogP contribution is -2.39. The second kappa shape index (κ2) is 4.40. The number of hydrogen-bond acceptors (Lipinski definition) is 2. The van der Waals surface area contributed by atoms with Crippen molar-refractivity contribution >= 4 is 6.09 Å². The van der Waals surface area contributed by atoms with Crippen LogP contribution in [-0.2, 0) is 0 Å². The maximum absolute atomic E-state index is 11.8. The van der Waals surface area contributed by atoms with Gasteiger partial charge >= 0.3 is 6.09 Å². The molecule has 2 aliphatic carbocycles. The molecule has 0 heterocycles. The third-order valence-corrected chi connectivity index (χ3v) is 3.50. The van der Waals surface area contributed by atoms with Gasteiger partial charge in [-0.25, -0.2) is 4.79 Å². The van der Waals surface area contributed by atoms with Crippen molar-refractivity contribution in [1.29, 1.82) is 0 Å². The lowest BCUT2D eigenvalue weighted by atomic mass is 10.1. The van der Waals surface area contributed by atoms with Gasteiger partial charge in [-0.15, -0.1) is 0 Å². The molecule has 0 saturated heterocycles. The van der Waals surface area contributed by atoms with Gasteiger partial charge in [0.15, 0.2) is 0 Å². The van der Waals surface area contributed by atoms with E-state index in [-0.39, 0.29) is 6.09 Å². The zero-order valence-corrected chi connectivity index (χ0v) is 9.76. The summed E-state index contributed by atoms with van der Waals surface area (Å²) in [6.07, 6.45) is 4.72. The molecule has 0 atom stereocenters. The number of hydrogen-bond donors (Lipinski definition) is 1. The van der Waals surface area contributed by atoms with Gasteiger partial charge in [-0.3, -0.25) is 0 Å². The number of carbonyl (C=O) groups excluding carboxylic acids is 1. The summed E-state index contributed by atoms with van der Waals surface area (Å²) in [5.74, 6) is 2.01. The first-order chi connectivity index (χ1) is 8.33. The molecule has 0 radical (unpaired) electrons. The van der Waals surface area contributed by atoms with E-state index >= 15 is 0 Å². The van der Waals surface area contributed by atoms with Crippen molar-refractivity contribution in [2.75, 3.05) is 0 Å². The first-order valence-electron chi connectivity index (χ1n) is 6.36. The highest BCUT2D eigenvalue weighted by atomic mass is 16.6. The average Bonchev–Trinajstić information content (AvgIpc) is 3.19. The smallest absolute Gasteiger partial charge is 0.410 e. The van der Waals surface area contributed by atoms with Crippen molar-refractivity contribution in [2.45, 2.75) is 31.7 Å². The standard InChI is InChI=1S/C14H17NO2/c16-14(17-12-4-2-1-3-5-12)15-13(10-6-7-10)11-8-9-11/h1-5,10-11,13H,6-9H2,(H,15,16). The van der Waals surface area contributed by atoms with Crippen LogP contribution in [0.4, 0.5) is 4.79 Å². The molecule has 17 heavy (non-hydrogen) atoms. The van der Waals surface area contributed by atoms with Crippen molar-refractivity contribution in [1.82, 2.24) is 5.32 Å². The molecule has 0 aliphatic heterocycles. The highest BCUT2D eigenvalue weighted by Crippen LogP contribution is 2.44. The molecular formula is C14H17NO2. The molecule has 2 saturated carbocycles. The van der Waals surface area contributed by atoms with Crippen LogP contribution in [0.1, 0.15) is 25.7 Å². The molecule has 0 aromatic heterocycles. The van der Waals surface area contributed by atoms with E-state index in [1.165, 1.54) is 25.7 Å². The van der Waals surface area contributed by atoms with Gasteiger partial charge in [0.2, 0.25) is 0 Å². The highest BCUT2D eigenvalue weighted by molar-refractivity contribution is 5.70. The predicted octanol–water partition coefficient (Wildman–Crippen LogP) is 2.96. The zero-order chi connectivity index (χ0) is 11.7. The second-order valence-electron chi connectivity index (χ2n) is 5.05. The number of carbonyl (C=O) groups is 1. The fourth-order valence-electron chi connectivity index (χ4n) is 2.29. The lowest BCUT2D eigenvalue weighted by molar-refractivity contribution is 0.192. The quantitative estimate of drug-likeness (QED) is 0.865. The summed E-state index contributed by atoms with van der Waals surface area (Å²) in [4.78, 5) is 11.8. The van der Waals surface area contributed by atoms with Crippen LogP contribution >= 0.6 is 0 Å². The van der Waals surface area contributed by atoms with Crippen LogP contribution in [-0.4, -0.2) is 12.1 Å². The molecule has 1 N–H and O–H groups in total. The minimum absolute atomic E-state index is 0.306. The normalized spacial score (nSPS) is 19.1. The summed E-state index contributed by atoms with van der Waals surface area (Å²) in [6.45, 7) is 0. The maximum Gasteiger partial charge on any atom is 0.412 e. The Morgan fingerprint density at radius 2 is 1.71 bits per heavy atom. The van der Waals surface area contributed by atoms with Gasteiger partial charge in [0.25, 0.3) is 0 Å². The third-order valence-electron chi connectivity index (χ3n) is 3.50. The van der Waals surface area contributed by atoms with Gasteiger partial charge in [0.1, 0.15) is 5.75 Å². The summed E-state index contributed by atoms with van der Waals surface area (Å²) in [5.41, 5.74) is 0. The van der Waals surface area contributed by atoms with Gasteiger partial charge in [-0.2, -0.15) is 0 Å². The Balaban J connectivity index is 1.55. The summed E-state index contributed by atoms with van der Waals surface area (Å²) in [5, 5.41) is 3.03. The van der Waals surface area contributed by atoms with Crippen molar-refractivity contribution in [3.05, 3.63) is 30.3 Å². The van der Waals surface area contributed by atoms with E-state index < -0.39 is 0 Å². The van der Waals surface area contributed by atoms with E-state index in [4.69, 9.17) is 4.74 Å². The maximum atomic E-state index is 11.8. The summed E-state index contributed by atoms with van der Waals surface area (Å²) in [6, 6.07) is 9.57. The van der Waals surface area contributed by atoms with Gasteiger partial charge in [-0.1, -0.05) is 18.2 Å². The van der Waals surface area contributed by atoms with Crippen LogP contribution in [0.3, 0.4) is 0 Å². The van der Waals surface area contributed by atoms with Gasteiger partial charge in [-0.05, 0) is 49.7 Å². The molecule has 2 fully saturated rings. The van der Waals surface area contributed by atoms with E-state index in [1.54, 1.807) is 12.1 Å². The molecule has 1 aromatic rings. The second-order valence-corrected chi connectivity index (χ2v) is 5.05. The van der Waals surface area contributed by atoms with Gasteiger partial charge in [0, 0.05) is 6.04 Å². The molecule has 3 heteroatoms. The minimum Gasteiger partial charge on any atom is -0.410 e. The summed E-state index contributed by atoms with van der Waals surface area (Å²) < 4.78 is 5.25. The zero-order valence-electron chi connectivity index (χ0n) is 9.76. The van der Waals surface area contributed by atoms with Crippen molar-refractivity contribution < 1.29 is 9.53 Å². The molecule has 90 valence electrons. The summed E-state index contributed by atoms with van der Waals surface area (Å²) >= 11 is 0. The minimum atomic E-state index is -0.306. The highest BCUT2D eigenvalue weighted by Gasteiger charge is 2.42. The predicted molar refractivity (Wildman–Crippen MR) is 64.8 cm³/mol. The fourth-order valence-corrected chi connectivity index (χ4v) is 2.29. The third kappa shape index (κ3) is 2.78. The van der Waals surface area contributed by atoms with Crippen LogP contribution in [0, 0.1) is 11.8 Å².